The third-order valence-electron chi connectivity index (χ3n) is 7.10. The first-order valence-corrected chi connectivity index (χ1v) is 14.4. The summed E-state index contributed by atoms with van der Waals surface area (Å²) in [5, 5.41) is 8.02. The number of rotatable bonds is 8. The highest BCUT2D eigenvalue weighted by Crippen LogP contribution is 2.37. The fourth-order valence-corrected chi connectivity index (χ4v) is 5.89. The standard InChI is InChI=1S/C29H28F2N6O4S/c1-17-9-24(36(12-17)13-18-10-25(30)34-26(31)11-18)27(38)35-28-33-22(16-42-28)23-3-2-8-37(23)20-6-4-19(5-7-20)32-29(39)41-21-14-40-15-21/h4-7,9-12,16,21,23H,2-3,8,13-15H2,1H3,(H,32,39)(H,33,35,38)/t23-/m1/s1. The Hall–Kier alpha value is -4.36. The second-order valence-electron chi connectivity index (χ2n) is 10.3. The monoisotopic (exact) mass is 594 g/mol. The highest BCUT2D eigenvalue weighted by Gasteiger charge is 2.29. The second-order valence-corrected chi connectivity index (χ2v) is 11.1. The number of halogens is 2. The normalized spacial score (nSPS) is 16.7. The number of aryl methyl sites for hydroxylation is 1. The van der Waals surface area contributed by atoms with Crippen LogP contribution in [0, 0.1) is 18.8 Å². The number of amides is 2. The number of hydrogen-bond acceptors (Lipinski definition) is 8. The molecule has 0 spiro atoms. The Kier molecular flexibility index (Phi) is 7.85. The molecule has 5 heterocycles. The number of benzene rings is 1. The van der Waals surface area contributed by atoms with E-state index >= 15 is 0 Å². The summed E-state index contributed by atoms with van der Waals surface area (Å²) in [4.78, 5) is 35.3. The maximum absolute atomic E-state index is 13.6. The molecule has 10 nitrogen and oxygen atoms in total. The van der Waals surface area contributed by atoms with E-state index in [1.165, 1.54) is 11.3 Å². The van der Waals surface area contributed by atoms with Crippen molar-refractivity contribution in [1.29, 1.82) is 0 Å². The zero-order chi connectivity index (χ0) is 29.2. The summed E-state index contributed by atoms with van der Waals surface area (Å²) in [5.41, 5.74) is 4.04. The predicted molar refractivity (Wildman–Crippen MR) is 153 cm³/mol. The molecule has 2 aliphatic heterocycles. The van der Waals surface area contributed by atoms with E-state index in [2.05, 4.69) is 20.5 Å². The van der Waals surface area contributed by atoms with Crippen LogP contribution in [0.3, 0.4) is 0 Å². The van der Waals surface area contributed by atoms with Crippen LogP contribution in [0.4, 0.5) is 30.1 Å². The number of carbonyl (C=O) groups excluding carboxylic acids is 2. The van der Waals surface area contributed by atoms with Crippen LogP contribution in [0.15, 0.2) is 54.0 Å². The Morgan fingerprint density at radius 1 is 1.10 bits per heavy atom. The van der Waals surface area contributed by atoms with Gasteiger partial charge in [0.15, 0.2) is 11.2 Å². The number of pyridine rings is 1. The summed E-state index contributed by atoms with van der Waals surface area (Å²) in [6.07, 6.45) is 2.95. The summed E-state index contributed by atoms with van der Waals surface area (Å²) in [6, 6.07) is 11.6. The van der Waals surface area contributed by atoms with E-state index in [4.69, 9.17) is 14.5 Å². The van der Waals surface area contributed by atoms with Crippen LogP contribution in [0.25, 0.3) is 0 Å². The van der Waals surface area contributed by atoms with Gasteiger partial charge in [-0.05, 0) is 73.4 Å². The fourth-order valence-electron chi connectivity index (χ4n) is 5.14. The quantitative estimate of drug-likeness (QED) is 0.259. The first-order valence-electron chi connectivity index (χ1n) is 13.5. The Morgan fingerprint density at radius 2 is 1.86 bits per heavy atom. The lowest BCUT2D eigenvalue weighted by molar-refractivity contribution is -0.0951. The van der Waals surface area contributed by atoms with E-state index in [0.717, 1.165) is 48.5 Å². The molecule has 3 aromatic heterocycles. The highest BCUT2D eigenvalue weighted by atomic mass is 32.1. The molecule has 6 rings (SSSR count). The molecule has 42 heavy (non-hydrogen) atoms. The number of carbonyl (C=O) groups is 2. The van der Waals surface area contributed by atoms with Gasteiger partial charge in [0, 0.05) is 36.0 Å². The molecule has 2 N–H and O–H groups in total. The molecule has 2 amide bonds. The molecular formula is C29H28F2N6O4S. The van der Waals surface area contributed by atoms with Crippen molar-refractivity contribution >= 4 is 39.8 Å². The summed E-state index contributed by atoms with van der Waals surface area (Å²) >= 11 is 1.34. The van der Waals surface area contributed by atoms with E-state index in [0.29, 0.717) is 35.3 Å². The number of ether oxygens (including phenoxy) is 2. The van der Waals surface area contributed by atoms with Gasteiger partial charge >= 0.3 is 6.09 Å². The lowest BCUT2D eigenvalue weighted by Crippen LogP contribution is -2.38. The minimum Gasteiger partial charge on any atom is -0.441 e. The first kappa shape index (κ1) is 27.8. The molecule has 0 aliphatic carbocycles. The molecule has 0 bridgehead atoms. The number of anilines is 3. The van der Waals surface area contributed by atoms with E-state index in [-0.39, 0.29) is 24.6 Å². The van der Waals surface area contributed by atoms with Gasteiger partial charge in [-0.3, -0.25) is 15.4 Å². The molecule has 1 atom stereocenters. The number of nitrogens with zero attached hydrogens (tertiary/aromatic N) is 4. The van der Waals surface area contributed by atoms with Gasteiger partial charge in [0.2, 0.25) is 11.9 Å². The van der Waals surface area contributed by atoms with Crippen molar-refractivity contribution in [3.8, 4) is 0 Å². The van der Waals surface area contributed by atoms with Crippen molar-refractivity contribution in [3.63, 3.8) is 0 Å². The van der Waals surface area contributed by atoms with E-state index in [9.17, 15) is 18.4 Å². The Labute approximate surface area is 244 Å². The van der Waals surface area contributed by atoms with Crippen molar-refractivity contribution < 1.29 is 27.8 Å². The maximum Gasteiger partial charge on any atom is 0.412 e. The predicted octanol–water partition coefficient (Wildman–Crippen LogP) is 5.52. The van der Waals surface area contributed by atoms with Crippen molar-refractivity contribution in [3.05, 3.63) is 88.5 Å². The Balaban J connectivity index is 1.10. The van der Waals surface area contributed by atoms with Crippen LogP contribution in [0.5, 0.6) is 0 Å². The first-order chi connectivity index (χ1) is 20.3. The third-order valence-corrected chi connectivity index (χ3v) is 7.88. The minimum absolute atomic E-state index is 0.0388. The number of thiazole rings is 1. The summed E-state index contributed by atoms with van der Waals surface area (Å²) in [7, 11) is 0. The number of hydrogen-bond donors (Lipinski definition) is 2. The van der Waals surface area contributed by atoms with Gasteiger partial charge < -0.3 is 18.9 Å². The van der Waals surface area contributed by atoms with Crippen LogP contribution < -0.4 is 15.5 Å². The molecule has 218 valence electrons. The Morgan fingerprint density at radius 3 is 2.57 bits per heavy atom. The van der Waals surface area contributed by atoms with Crippen molar-refractivity contribution in [2.45, 2.75) is 38.5 Å². The average molecular weight is 595 g/mol. The SMILES string of the molecule is Cc1cc(C(=O)Nc2nc([C@H]3CCCN3c3ccc(NC(=O)OC4COC4)cc3)cs2)n(Cc2cc(F)nc(F)c2)c1. The Bertz CT molecular complexity index is 1580. The van der Waals surface area contributed by atoms with Crippen molar-refractivity contribution in [1.82, 2.24) is 14.5 Å². The summed E-state index contributed by atoms with van der Waals surface area (Å²) in [6.45, 7) is 3.65. The van der Waals surface area contributed by atoms with Gasteiger partial charge in [-0.2, -0.15) is 13.8 Å². The van der Waals surface area contributed by atoms with Gasteiger partial charge in [-0.1, -0.05) is 0 Å². The summed E-state index contributed by atoms with van der Waals surface area (Å²) in [5.74, 6) is -2.19. The van der Waals surface area contributed by atoms with Crippen molar-refractivity contribution in [2.24, 2.45) is 0 Å². The van der Waals surface area contributed by atoms with Crippen LogP contribution in [-0.4, -0.2) is 52.4 Å². The van der Waals surface area contributed by atoms with Gasteiger partial charge in [0.25, 0.3) is 5.91 Å². The van der Waals surface area contributed by atoms with Crippen LogP contribution in [-0.2, 0) is 16.0 Å². The summed E-state index contributed by atoms with van der Waals surface area (Å²) < 4.78 is 39.1. The average Bonchev–Trinajstić information content (AvgIpc) is 3.66. The van der Waals surface area contributed by atoms with Gasteiger partial charge in [-0.25, -0.2) is 9.78 Å². The lowest BCUT2D eigenvalue weighted by atomic mass is 10.1. The largest absolute Gasteiger partial charge is 0.441 e. The molecule has 0 radical (unpaired) electrons. The van der Waals surface area contributed by atoms with E-state index in [1.54, 1.807) is 16.8 Å². The number of aromatic nitrogens is 3. The molecule has 2 aliphatic rings. The van der Waals surface area contributed by atoms with Crippen LogP contribution in [0.2, 0.25) is 0 Å². The smallest absolute Gasteiger partial charge is 0.412 e. The molecule has 0 unspecified atom stereocenters. The molecule has 2 saturated heterocycles. The highest BCUT2D eigenvalue weighted by molar-refractivity contribution is 7.14. The van der Waals surface area contributed by atoms with Gasteiger partial charge in [-0.15, -0.1) is 11.3 Å². The molecule has 2 fully saturated rings. The van der Waals surface area contributed by atoms with Crippen molar-refractivity contribution in [2.75, 3.05) is 35.3 Å². The second kappa shape index (κ2) is 11.9. The lowest BCUT2D eigenvalue weighted by Gasteiger charge is -2.26. The van der Waals surface area contributed by atoms with Gasteiger partial charge in [0.1, 0.15) is 5.69 Å². The fraction of sp³-hybridized carbons (Fsp3) is 0.310. The van der Waals surface area contributed by atoms with Gasteiger partial charge in [0.05, 0.1) is 24.9 Å². The minimum atomic E-state index is -0.913. The molecule has 1 aromatic carbocycles. The van der Waals surface area contributed by atoms with Crippen LogP contribution in [0.1, 0.15) is 46.2 Å². The molecule has 0 saturated carbocycles. The van der Waals surface area contributed by atoms with E-state index < -0.39 is 18.0 Å². The topological polar surface area (TPSA) is 111 Å². The van der Waals surface area contributed by atoms with E-state index in [1.807, 2.05) is 36.6 Å². The zero-order valence-electron chi connectivity index (χ0n) is 22.7. The maximum atomic E-state index is 13.6. The molecule has 13 heteroatoms. The number of nitrogens with one attached hydrogen (secondary N) is 2. The third kappa shape index (κ3) is 6.26. The zero-order valence-corrected chi connectivity index (χ0v) is 23.5. The van der Waals surface area contributed by atoms with Crippen LogP contribution >= 0.6 is 11.3 Å². The molecule has 4 aromatic rings. The molecular weight excluding hydrogens is 566 g/mol.